The van der Waals surface area contributed by atoms with E-state index in [-0.39, 0.29) is 0 Å². The third-order valence-electron chi connectivity index (χ3n) is 2.45. The van der Waals surface area contributed by atoms with Crippen molar-refractivity contribution in [3.63, 3.8) is 0 Å². The van der Waals surface area contributed by atoms with Gasteiger partial charge < -0.3 is 0 Å². The van der Waals surface area contributed by atoms with Crippen molar-refractivity contribution in [3.8, 4) is 6.07 Å². The van der Waals surface area contributed by atoms with E-state index in [4.69, 9.17) is 5.26 Å². The van der Waals surface area contributed by atoms with Crippen LogP contribution in [0.2, 0.25) is 0 Å². The van der Waals surface area contributed by atoms with E-state index in [1.807, 2.05) is 31.2 Å². The highest BCUT2D eigenvalue weighted by Crippen LogP contribution is 2.13. The van der Waals surface area contributed by atoms with E-state index in [1.165, 1.54) is 5.56 Å². The van der Waals surface area contributed by atoms with Crippen molar-refractivity contribution < 1.29 is 0 Å². The Morgan fingerprint density at radius 2 is 2.00 bits per heavy atom. The van der Waals surface area contributed by atoms with Crippen molar-refractivity contribution >= 4 is 0 Å². The zero-order valence-corrected chi connectivity index (χ0v) is 9.14. The van der Waals surface area contributed by atoms with Crippen molar-refractivity contribution in [2.75, 3.05) is 0 Å². The summed E-state index contributed by atoms with van der Waals surface area (Å²) in [4.78, 5) is 4.13. The van der Waals surface area contributed by atoms with E-state index in [0.717, 1.165) is 17.5 Å². The van der Waals surface area contributed by atoms with Gasteiger partial charge in [-0.25, -0.2) is 4.98 Å². The van der Waals surface area contributed by atoms with Gasteiger partial charge in [0.05, 0.1) is 0 Å². The molecule has 2 aromatic rings. The summed E-state index contributed by atoms with van der Waals surface area (Å²) >= 11 is 0. The van der Waals surface area contributed by atoms with E-state index in [9.17, 15) is 0 Å². The Hall–Kier alpha value is -2.14. The van der Waals surface area contributed by atoms with Gasteiger partial charge in [-0.05, 0) is 23.6 Å². The number of rotatable bonds is 2. The van der Waals surface area contributed by atoms with Gasteiger partial charge in [0.2, 0.25) is 0 Å². The number of nitrogens with zero attached hydrogens (tertiary/aromatic N) is 2. The molecule has 0 saturated carbocycles. The Labute approximate surface area is 95.2 Å². The highest BCUT2D eigenvalue weighted by Gasteiger charge is 2.04. The quantitative estimate of drug-likeness (QED) is 0.760. The third-order valence-corrected chi connectivity index (χ3v) is 2.45. The molecule has 0 unspecified atom stereocenters. The minimum atomic E-state index is 0.523. The van der Waals surface area contributed by atoms with Crippen LogP contribution in [0.15, 0.2) is 42.6 Å². The molecule has 16 heavy (non-hydrogen) atoms. The van der Waals surface area contributed by atoms with Crippen LogP contribution < -0.4 is 0 Å². The summed E-state index contributed by atoms with van der Waals surface area (Å²) in [5.41, 5.74) is 3.81. The topological polar surface area (TPSA) is 36.7 Å². The lowest BCUT2D eigenvalue weighted by Gasteiger charge is -2.04. The molecule has 0 radical (unpaired) electrons. The molecule has 0 aliphatic carbocycles. The lowest BCUT2D eigenvalue weighted by Crippen LogP contribution is -1.96. The van der Waals surface area contributed by atoms with Gasteiger partial charge in [-0.1, -0.05) is 36.4 Å². The summed E-state index contributed by atoms with van der Waals surface area (Å²) in [6, 6.07) is 14.3. The Balaban J connectivity index is 2.35. The summed E-state index contributed by atoms with van der Waals surface area (Å²) in [6.07, 6.45) is 2.49. The molecule has 78 valence electrons. The first-order valence-corrected chi connectivity index (χ1v) is 5.19. The van der Waals surface area contributed by atoms with Crippen LogP contribution in [0.5, 0.6) is 0 Å². The molecule has 0 bridgehead atoms. The van der Waals surface area contributed by atoms with E-state index in [0.29, 0.717) is 5.69 Å². The van der Waals surface area contributed by atoms with Crippen LogP contribution in [-0.4, -0.2) is 4.98 Å². The van der Waals surface area contributed by atoms with Crippen LogP contribution >= 0.6 is 0 Å². The molecule has 0 aliphatic heterocycles. The van der Waals surface area contributed by atoms with E-state index in [1.54, 1.807) is 6.20 Å². The predicted octanol–water partition coefficient (Wildman–Crippen LogP) is 2.85. The Bertz CT molecular complexity index is 524. The first-order chi connectivity index (χ1) is 7.79. The second-order valence-electron chi connectivity index (χ2n) is 3.79. The molecule has 0 amide bonds. The standard InChI is InChI=1S/C14H12N2/c1-11-7-13(14(9-15)16-10-11)8-12-5-3-2-4-6-12/h2-7,10H,8H2,1H3. The van der Waals surface area contributed by atoms with Gasteiger partial charge in [0.1, 0.15) is 11.8 Å². The molecule has 0 fully saturated rings. The van der Waals surface area contributed by atoms with Crippen LogP contribution in [-0.2, 0) is 6.42 Å². The third kappa shape index (κ3) is 2.26. The van der Waals surface area contributed by atoms with Crippen molar-refractivity contribution in [1.29, 1.82) is 5.26 Å². The van der Waals surface area contributed by atoms with Crippen molar-refractivity contribution in [1.82, 2.24) is 4.98 Å². The highest BCUT2D eigenvalue weighted by molar-refractivity contribution is 5.37. The highest BCUT2D eigenvalue weighted by atomic mass is 14.7. The minimum Gasteiger partial charge on any atom is -0.245 e. The molecule has 1 heterocycles. The van der Waals surface area contributed by atoms with Crippen LogP contribution in [0, 0.1) is 18.3 Å². The number of hydrogen-bond donors (Lipinski definition) is 0. The van der Waals surface area contributed by atoms with Crippen molar-refractivity contribution in [2.24, 2.45) is 0 Å². The van der Waals surface area contributed by atoms with E-state index < -0.39 is 0 Å². The number of nitriles is 1. The van der Waals surface area contributed by atoms with Gasteiger partial charge in [0, 0.05) is 12.6 Å². The first-order valence-electron chi connectivity index (χ1n) is 5.19. The second kappa shape index (κ2) is 4.59. The van der Waals surface area contributed by atoms with Gasteiger partial charge in [-0.2, -0.15) is 5.26 Å². The summed E-state index contributed by atoms with van der Waals surface area (Å²) in [6.45, 7) is 1.99. The number of pyridine rings is 1. The van der Waals surface area contributed by atoms with E-state index >= 15 is 0 Å². The van der Waals surface area contributed by atoms with Gasteiger partial charge in [-0.3, -0.25) is 0 Å². The average Bonchev–Trinajstić information content (AvgIpc) is 2.31. The molecule has 1 aromatic carbocycles. The second-order valence-corrected chi connectivity index (χ2v) is 3.79. The molecule has 2 heteroatoms. The number of benzene rings is 1. The minimum absolute atomic E-state index is 0.523. The van der Waals surface area contributed by atoms with Crippen molar-refractivity contribution in [2.45, 2.75) is 13.3 Å². The average molecular weight is 208 g/mol. The molecule has 2 nitrogen and oxygen atoms in total. The zero-order valence-electron chi connectivity index (χ0n) is 9.14. The molecule has 0 N–H and O–H groups in total. The molecule has 2 rings (SSSR count). The zero-order chi connectivity index (χ0) is 11.4. The Morgan fingerprint density at radius 3 is 2.69 bits per heavy atom. The maximum absolute atomic E-state index is 8.97. The molecule has 0 aliphatic rings. The van der Waals surface area contributed by atoms with Gasteiger partial charge in [0.15, 0.2) is 0 Å². The summed E-state index contributed by atoms with van der Waals surface area (Å²) < 4.78 is 0. The van der Waals surface area contributed by atoms with Crippen LogP contribution in [0.25, 0.3) is 0 Å². The largest absolute Gasteiger partial charge is 0.245 e. The molecule has 0 spiro atoms. The Kier molecular flexibility index (Phi) is 2.98. The van der Waals surface area contributed by atoms with Gasteiger partial charge >= 0.3 is 0 Å². The summed E-state index contributed by atoms with van der Waals surface area (Å²) in [7, 11) is 0. The van der Waals surface area contributed by atoms with Gasteiger partial charge in [0.25, 0.3) is 0 Å². The SMILES string of the molecule is Cc1cnc(C#N)c(Cc2ccccc2)c1. The van der Waals surface area contributed by atoms with Crippen molar-refractivity contribution in [3.05, 3.63) is 65.0 Å². The lowest BCUT2D eigenvalue weighted by atomic mass is 10.0. The predicted molar refractivity (Wildman–Crippen MR) is 62.9 cm³/mol. The fraction of sp³-hybridized carbons (Fsp3) is 0.143. The number of aromatic nitrogens is 1. The van der Waals surface area contributed by atoms with Crippen LogP contribution in [0.4, 0.5) is 0 Å². The Morgan fingerprint density at radius 1 is 1.25 bits per heavy atom. The molecule has 1 aromatic heterocycles. The monoisotopic (exact) mass is 208 g/mol. The van der Waals surface area contributed by atoms with Crippen LogP contribution in [0.3, 0.4) is 0 Å². The number of hydrogen-bond acceptors (Lipinski definition) is 2. The number of aryl methyl sites for hydroxylation is 1. The fourth-order valence-electron chi connectivity index (χ4n) is 1.68. The van der Waals surface area contributed by atoms with E-state index in [2.05, 4.69) is 23.2 Å². The molecule has 0 saturated heterocycles. The first kappa shape index (κ1) is 10.4. The smallest absolute Gasteiger partial charge is 0.143 e. The summed E-state index contributed by atoms with van der Waals surface area (Å²) in [5, 5.41) is 8.97. The maximum atomic E-state index is 8.97. The van der Waals surface area contributed by atoms with Gasteiger partial charge in [-0.15, -0.1) is 0 Å². The molecular formula is C14H12N2. The normalized spacial score (nSPS) is 9.75. The maximum Gasteiger partial charge on any atom is 0.143 e. The molecular weight excluding hydrogens is 196 g/mol. The lowest BCUT2D eigenvalue weighted by molar-refractivity contribution is 1.10. The fourth-order valence-corrected chi connectivity index (χ4v) is 1.68. The van der Waals surface area contributed by atoms with Crippen LogP contribution in [0.1, 0.15) is 22.4 Å². The summed E-state index contributed by atoms with van der Waals surface area (Å²) in [5.74, 6) is 0. The molecule has 0 atom stereocenters.